The van der Waals surface area contributed by atoms with Crippen molar-refractivity contribution in [2.75, 3.05) is 44.8 Å². The van der Waals surface area contributed by atoms with Crippen LogP contribution in [0.4, 0.5) is 23.7 Å². The quantitative estimate of drug-likeness (QED) is 0.253. The van der Waals surface area contributed by atoms with Crippen LogP contribution in [-0.4, -0.2) is 74.0 Å². The molecule has 39 heavy (non-hydrogen) atoms. The van der Waals surface area contributed by atoms with Gasteiger partial charge in [-0.2, -0.15) is 0 Å². The number of ether oxygens (including phenoxy) is 4. The maximum absolute atomic E-state index is 13.0. The zero-order chi connectivity index (χ0) is 28.7. The van der Waals surface area contributed by atoms with Crippen LogP contribution in [0, 0.1) is 0 Å². The Kier molecular flexibility index (Phi) is 13.4. The third-order valence-electron chi connectivity index (χ3n) is 5.32. The molecule has 0 spiro atoms. The normalized spacial score (nSPS) is 12.0. The van der Waals surface area contributed by atoms with Gasteiger partial charge in [-0.1, -0.05) is 31.2 Å². The van der Waals surface area contributed by atoms with E-state index in [9.17, 15) is 27.9 Å². The number of hydrogen-bond acceptors (Lipinski definition) is 6. The Hall–Kier alpha value is -3.51. The Balaban J connectivity index is 1.99. The average Bonchev–Trinajstić information content (AvgIpc) is 2.88. The number of rotatable bonds is 17. The molecule has 0 saturated heterocycles. The number of carboxylic acids is 1. The minimum Gasteiger partial charge on any atom is -0.492 e. The summed E-state index contributed by atoms with van der Waals surface area (Å²) < 4.78 is 58.8. The van der Waals surface area contributed by atoms with Crippen molar-refractivity contribution in [2.24, 2.45) is 0 Å². The average molecular weight is 557 g/mol. The highest BCUT2D eigenvalue weighted by molar-refractivity contribution is 5.91. The van der Waals surface area contributed by atoms with Gasteiger partial charge in [-0.25, -0.2) is 9.59 Å². The van der Waals surface area contributed by atoms with E-state index in [0.717, 1.165) is 18.1 Å². The number of nitrogens with zero attached hydrogens (tertiary/aromatic N) is 1. The summed E-state index contributed by atoms with van der Waals surface area (Å²) in [4.78, 5) is 25.7. The molecule has 2 aromatic carbocycles. The summed E-state index contributed by atoms with van der Waals surface area (Å²) in [6.07, 6.45) is -4.26. The topological polar surface area (TPSA) is 107 Å². The van der Waals surface area contributed by atoms with E-state index in [4.69, 9.17) is 14.2 Å². The molecular weight excluding hydrogens is 521 g/mol. The second-order valence-corrected chi connectivity index (χ2v) is 8.41. The Bertz CT molecular complexity index is 1020. The summed E-state index contributed by atoms with van der Waals surface area (Å²) in [5.74, 6) is -1.05. The number of carbonyl (C=O) groups excluding carboxylic acids is 1. The number of benzene rings is 2. The van der Waals surface area contributed by atoms with Crippen molar-refractivity contribution in [3.8, 4) is 11.5 Å². The maximum atomic E-state index is 13.0. The second kappa shape index (κ2) is 16.5. The first kappa shape index (κ1) is 31.7. The number of carbonyl (C=O) groups is 2. The number of alkyl halides is 3. The molecule has 12 heteroatoms. The fourth-order valence-electron chi connectivity index (χ4n) is 3.52. The molecule has 0 bridgehead atoms. The number of hydrogen-bond donors (Lipinski definition) is 2. The Morgan fingerprint density at radius 3 is 2.36 bits per heavy atom. The molecule has 9 nitrogen and oxygen atoms in total. The molecule has 216 valence electrons. The van der Waals surface area contributed by atoms with Crippen molar-refractivity contribution in [1.29, 1.82) is 0 Å². The van der Waals surface area contributed by atoms with E-state index in [-0.39, 0.29) is 38.4 Å². The van der Waals surface area contributed by atoms with Gasteiger partial charge in [0.25, 0.3) is 0 Å². The van der Waals surface area contributed by atoms with E-state index in [1.54, 1.807) is 31.2 Å². The molecule has 0 radical (unpaired) electrons. The third-order valence-corrected chi connectivity index (χ3v) is 5.32. The lowest BCUT2D eigenvalue weighted by Crippen LogP contribution is -2.39. The lowest BCUT2D eigenvalue weighted by atomic mass is 10.1. The monoisotopic (exact) mass is 556 g/mol. The minimum absolute atomic E-state index is 0.111. The minimum atomic E-state index is -4.90. The molecule has 2 amide bonds. The molecule has 0 aliphatic heterocycles. The van der Waals surface area contributed by atoms with Crippen molar-refractivity contribution in [1.82, 2.24) is 4.90 Å². The SMILES string of the molecule is CCCOCCCN(CCOc1ccc(CC(OCC)C(=O)O)cc1)C(=O)Nc1ccccc1OC(F)(F)F. The molecule has 1 unspecified atom stereocenters. The van der Waals surface area contributed by atoms with E-state index in [1.165, 1.54) is 23.1 Å². The highest BCUT2D eigenvalue weighted by Crippen LogP contribution is 2.30. The van der Waals surface area contributed by atoms with Gasteiger partial charge in [0.05, 0.1) is 12.2 Å². The lowest BCUT2D eigenvalue weighted by Gasteiger charge is -2.24. The number of para-hydroxylation sites is 2. The highest BCUT2D eigenvalue weighted by atomic mass is 19.4. The molecular formula is C27H35F3N2O7. The van der Waals surface area contributed by atoms with E-state index in [1.807, 2.05) is 6.92 Å². The van der Waals surface area contributed by atoms with Crippen LogP contribution in [0.1, 0.15) is 32.3 Å². The van der Waals surface area contributed by atoms with Crippen LogP contribution in [0.5, 0.6) is 11.5 Å². The van der Waals surface area contributed by atoms with Gasteiger partial charge in [0, 0.05) is 32.8 Å². The molecule has 0 saturated carbocycles. The standard InChI is InChI=1S/C27H35F3N2O7/c1-3-16-36-17-7-14-32(26(35)31-22-8-5-6-9-23(22)39-27(28,29)30)15-18-38-21-12-10-20(11-13-21)19-24(25(33)34)37-4-2/h5-6,8-13,24H,3-4,7,14-19H2,1-2H3,(H,31,35)(H,33,34). The lowest BCUT2D eigenvalue weighted by molar-refractivity contribution is -0.274. The maximum Gasteiger partial charge on any atom is 0.573 e. The number of carboxylic acid groups (broad SMARTS) is 1. The number of anilines is 1. The molecule has 0 aliphatic rings. The molecule has 1 atom stereocenters. The van der Waals surface area contributed by atoms with Crippen LogP contribution >= 0.6 is 0 Å². The van der Waals surface area contributed by atoms with Crippen molar-refractivity contribution in [2.45, 2.75) is 45.6 Å². The van der Waals surface area contributed by atoms with Crippen molar-refractivity contribution in [3.63, 3.8) is 0 Å². The molecule has 0 heterocycles. The molecule has 2 rings (SSSR count). The zero-order valence-corrected chi connectivity index (χ0v) is 22.0. The molecule has 0 fully saturated rings. The number of urea groups is 1. The van der Waals surface area contributed by atoms with Crippen LogP contribution in [0.2, 0.25) is 0 Å². The van der Waals surface area contributed by atoms with Gasteiger partial charge < -0.3 is 34.3 Å². The van der Waals surface area contributed by atoms with E-state index in [2.05, 4.69) is 10.1 Å². The first-order valence-corrected chi connectivity index (χ1v) is 12.7. The Morgan fingerprint density at radius 1 is 1.00 bits per heavy atom. The van der Waals surface area contributed by atoms with Crippen molar-refractivity contribution >= 4 is 17.7 Å². The van der Waals surface area contributed by atoms with E-state index < -0.39 is 30.2 Å². The number of nitrogens with one attached hydrogen (secondary N) is 1. The number of amides is 2. The largest absolute Gasteiger partial charge is 0.573 e. The first-order chi connectivity index (χ1) is 18.6. The van der Waals surface area contributed by atoms with Crippen LogP contribution in [-0.2, 0) is 20.7 Å². The van der Waals surface area contributed by atoms with Crippen LogP contribution in [0.3, 0.4) is 0 Å². The fourth-order valence-corrected chi connectivity index (χ4v) is 3.52. The predicted molar refractivity (Wildman–Crippen MR) is 138 cm³/mol. The van der Waals surface area contributed by atoms with Gasteiger partial charge in [0.1, 0.15) is 12.4 Å². The van der Waals surface area contributed by atoms with Gasteiger partial charge in [-0.15, -0.1) is 13.2 Å². The first-order valence-electron chi connectivity index (χ1n) is 12.7. The smallest absolute Gasteiger partial charge is 0.492 e. The number of aliphatic carboxylic acids is 1. The fraction of sp³-hybridized carbons (Fsp3) is 0.481. The summed E-state index contributed by atoms with van der Waals surface area (Å²) >= 11 is 0. The van der Waals surface area contributed by atoms with Crippen LogP contribution in [0.25, 0.3) is 0 Å². The van der Waals surface area contributed by atoms with Gasteiger partial charge >= 0.3 is 18.4 Å². The molecule has 2 N–H and O–H groups in total. The summed E-state index contributed by atoms with van der Waals surface area (Å²) in [6.45, 7) is 5.55. The van der Waals surface area contributed by atoms with Crippen molar-refractivity contribution in [3.05, 3.63) is 54.1 Å². The van der Waals surface area contributed by atoms with Gasteiger partial charge in [0.2, 0.25) is 0 Å². The summed E-state index contributed by atoms with van der Waals surface area (Å²) in [7, 11) is 0. The van der Waals surface area contributed by atoms with Crippen molar-refractivity contribution < 1.29 is 46.8 Å². The van der Waals surface area contributed by atoms with Gasteiger partial charge in [-0.3, -0.25) is 0 Å². The van der Waals surface area contributed by atoms with Crippen LogP contribution < -0.4 is 14.8 Å². The second-order valence-electron chi connectivity index (χ2n) is 8.41. The Morgan fingerprint density at radius 2 is 1.72 bits per heavy atom. The molecule has 0 aromatic heterocycles. The number of halogens is 3. The summed E-state index contributed by atoms with van der Waals surface area (Å²) in [5, 5.41) is 11.7. The van der Waals surface area contributed by atoms with E-state index in [0.29, 0.717) is 25.4 Å². The van der Waals surface area contributed by atoms with Gasteiger partial charge in [0.15, 0.2) is 11.9 Å². The predicted octanol–water partition coefficient (Wildman–Crippen LogP) is 5.35. The summed E-state index contributed by atoms with van der Waals surface area (Å²) in [5.41, 5.74) is 0.645. The van der Waals surface area contributed by atoms with E-state index >= 15 is 0 Å². The van der Waals surface area contributed by atoms with Crippen LogP contribution in [0.15, 0.2) is 48.5 Å². The van der Waals surface area contributed by atoms with Gasteiger partial charge in [-0.05, 0) is 49.6 Å². The zero-order valence-electron chi connectivity index (χ0n) is 22.0. The molecule has 0 aliphatic carbocycles. The molecule has 2 aromatic rings. The highest BCUT2D eigenvalue weighted by Gasteiger charge is 2.32. The Labute approximate surface area is 225 Å². The summed E-state index contributed by atoms with van der Waals surface area (Å²) in [6, 6.07) is 11.5. The third kappa shape index (κ3) is 12.3.